The average Bonchev–Trinajstić information content (AvgIpc) is 3.56. The number of H-pyrrole nitrogens is 1. The lowest BCUT2D eigenvalue weighted by molar-refractivity contribution is -0.129. The van der Waals surface area contributed by atoms with Gasteiger partial charge in [0.25, 0.3) is 5.91 Å². The topological polar surface area (TPSA) is 124 Å². The van der Waals surface area contributed by atoms with Gasteiger partial charge < -0.3 is 25.3 Å². The van der Waals surface area contributed by atoms with Crippen LogP contribution >= 0.6 is 0 Å². The Hall–Kier alpha value is -3.23. The number of fused-ring (bicyclic) bond motifs is 2. The van der Waals surface area contributed by atoms with Crippen molar-refractivity contribution in [2.45, 2.75) is 44.2 Å². The maximum atomic E-state index is 13.4. The third kappa shape index (κ3) is 3.65. The Kier molecular flexibility index (Phi) is 5.40. The van der Waals surface area contributed by atoms with Crippen LogP contribution < -0.4 is 10.6 Å². The van der Waals surface area contributed by atoms with Crippen LogP contribution in [0, 0.1) is 17.8 Å². The van der Waals surface area contributed by atoms with Crippen molar-refractivity contribution in [1.82, 2.24) is 25.5 Å². The van der Waals surface area contributed by atoms with Crippen molar-refractivity contribution < 1.29 is 19.2 Å². The molecule has 0 radical (unpaired) electrons. The summed E-state index contributed by atoms with van der Waals surface area (Å²) in [5, 5.41) is 5.59. The van der Waals surface area contributed by atoms with Gasteiger partial charge in [0.05, 0.1) is 23.4 Å². The monoisotopic (exact) mass is 437 g/mol. The standard InChI is InChI=1S/C23H27N5O4/c29-11-16(8-13-6-7-24-21(13)30)27-22(31)20-17-3-1-2-15(17)10-28(20)23(32)14-4-5-18-19(9-14)26-12-25-18/h4-5,9,11-13,15-17,20H,1-3,6-8,10H2,(H,24,30)(H,25,26)(H,27,31)/t13-,15-,16-,17-,20-/m0/s1. The Labute approximate surface area is 185 Å². The van der Waals surface area contributed by atoms with Gasteiger partial charge in [-0.3, -0.25) is 14.4 Å². The molecule has 1 aliphatic carbocycles. The highest BCUT2D eigenvalue weighted by molar-refractivity contribution is 6.00. The molecule has 1 aromatic heterocycles. The van der Waals surface area contributed by atoms with Crippen LogP contribution in [0.25, 0.3) is 11.0 Å². The van der Waals surface area contributed by atoms with Crippen molar-refractivity contribution >= 4 is 35.0 Å². The number of nitrogens with one attached hydrogen (secondary N) is 3. The molecule has 2 saturated heterocycles. The summed E-state index contributed by atoms with van der Waals surface area (Å²) in [6.45, 7) is 1.14. The van der Waals surface area contributed by atoms with E-state index in [1.807, 2.05) is 0 Å². The molecule has 1 aromatic carbocycles. The molecule has 0 unspecified atom stereocenters. The van der Waals surface area contributed by atoms with Crippen LogP contribution in [0.15, 0.2) is 24.5 Å². The van der Waals surface area contributed by atoms with Crippen LogP contribution in [-0.2, 0) is 14.4 Å². The molecule has 2 aromatic rings. The second kappa shape index (κ2) is 8.37. The molecule has 3 amide bonds. The third-order valence-corrected chi connectivity index (χ3v) is 7.28. The Morgan fingerprint density at radius 1 is 1.28 bits per heavy atom. The van der Waals surface area contributed by atoms with Crippen molar-refractivity contribution in [3.63, 3.8) is 0 Å². The first-order chi connectivity index (χ1) is 15.5. The van der Waals surface area contributed by atoms with Gasteiger partial charge in [0.1, 0.15) is 12.3 Å². The minimum Gasteiger partial charge on any atom is -0.356 e. The summed E-state index contributed by atoms with van der Waals surface area (Å²) >= 11 is 0. The fourth-order valence-electron chi connectivity index (χ4n) is 5.68. The molecule has 5 atom stereocenters. The molecular formula is C23H27N5O4. The number of likely N-dealkylation sites (tertiary alicyclic amines) is 1. The normalized spacial score (nSPS) is 27.9. The molecule has 3 fully saturated rings. The van der Waals surface area contributed by atoms with Gasteiger partial charge in [-0.15, -0.1) is 0 Å². The summed E-state index contributed by atoms with van der Waals surface area (Å²) in [7, 11) is 0. The number of hydrogen-bond donors (Lipinski definition) is 3. The van der Waals surface area contributed by atoms with Crippen LogP contribution in [0.4, 0.5) is 0 Å². The lowest BCUT2D eigenvalue weighted by atomic mass is 9.92. The van der Waals surface area contributed by atoms with Gasteiger partial charge in [-0.25, -0.2) is 4.98 Å². The van der Waals surface area contributed by atoms with E-state index < -0.39 is 12.1 Å². The van der Waals surface area contributed by atoms with Crippen LogP contribution in [0.3, 0.4) is 0 Å². The molecule has 32 heavy (non-hydrogen) atoms. The first-order valence-corrected chi connectivity index (χ1v) is 11.3. The predicted molar refractivity (Wildman–Crippen MR) is 115 cm³/mol. The van der Waals surface area contributed by atoms with E-state index >= 15 is 0 Å². The molecule has 0 bridgehead atoms. The predicted octanol–water partition coefficient (Wildman–Crippen LogP) is 1.01. The summed E-state index contributed by atoms with van der Waals surface area (Å²) in [5.41, 5.74) is 2.06. The molecule has 168 valence electrons. The van der Waals surface area contributed by atoms with E-state index in [4.69, 9.17) is 0 Å². The summed E-state index contributed by atoms with van der Waals surface area (Å²) < 4.78 is 0. The van der Waals surface area contributed by atoms with Gasteiger partial charge in [0.2, 0.25) is 11.8 Å². The molecule has 1 saturated carbocycles. The number of rotatable bonds is 6. The zero-order valence-electron chi connectivity index (χ0n) is 17.8. The van der Waals surface area contributed by atoms with Gasteiger partial charge in [-0.1, -0.05) is 6.42 Å². The molecule has 3 heterocycles. The Morgan fingerprint density at radius 3 is 2.94 bits per heavy atom. The average molecular weight is 438 g/mol. The minimum absolute atomic E-state index is 0.0752. The van der Waals surface area contributed by atoms with Crippen molar-refractivity contribution in [3.8, 4) is 0 Å². The van der Waals surface area contributed by atoms with E-state index in [0.29, 0.717) is 37.3 Å². The van der Waals surface area contributed by atoms with Gasteiger partial charge in [-0.05, 0) is 55.7 Å². The summed E-state index contributed by atoms with van der Waals surface area (Å²) in [6, 6.07) is 3.95. The van der Waals surface area contributed by atoms with Crippen molar-refractivity contribution in [1.29, 1.82) is 0 Å². The van der Waals surface area contributed by atoms with Crippen LogP contribution in [0.2, 0.25) is 0 Å². The minimum atomic E-state index is -0.741. The van der Waals surface area contributed by atoms with Crippen molar-refractivity contribution in [3.05, 3.63) is 30.1 Å². The Bertz CT molecular complexity index is 1070. The molecule has 9 nitrogen and oxygen atoms in total. The number of nitrogens with zero attached hydrogens (tertiary/aromatic N) is 2. The first kappa shape index (κ1) is 20.7. The lowest BCUT2D eigenvalue weighted by Gasteiger charge is -2.28. The lowest BCUT2D eigenvalue weighted by Crippen LogP contribution is -2.51. The molecule has 2 aliphatic heterocycles. The van der Waals surface area contributed by atoms with Gasteiger partial charge >= 0.3 is 0 Å². The zero-order chi connectivity index (χ0) is 22.2. The molecule has 3 aliphatic rings. The smallest absolute Gasteiger partial charge is 0.254 e. The summed E-state index contributed by atoms with van der Waals surface area (Å²) in [6.07, 6.45) is 6.16. The largest absolute Gasteiger partial charge is 0.356 e. The van der Waals surface area contributed by atoms with E-state index in [1.54, 1.807) is 29.4 Å². The molecule has 5 rings (SSSR count). The van der Waals surface area contributed by atoms with Crippen molar-refractivity contribution in [2.75, 3.05) is 13.1 Å². The molecule has 9 heteroatoms. The van der Waals surface area contributed by atoms with E-state index in [9.17, 15) is 19.2 Å². The maximum absolute atomic E-state index is 13.4. The number of aldehydes is 1. The maximum Gasteiger partial charge on any atom is 0.254 e. The number of carbonyl (C=O) groups excluding carboxylic acids is 4. The number of carbonyl (C=O) groups is 4. The quantitative estimate of drug-likeness (QED) is 0.582. The highest BCUT2D eigenvalue weighted by Crippen LogP contribution is 2.43. The number of aromatic amines is 1. The number of aromatic nitrogens is 2. The highest BCUT2D eigenvalue weighted by atomic mass is 16.2. The number of hydrogen-bond acceptors (Lipinski definition) is 5. The number of benzene rings is 1. The highest BCUT2D eigenvalue weighted by Gasteiger charge is 2.49. The van der Waals surface area contributed by atoms with E-state index in [0.717, 1.165) is 30.3 Å². The van der Waals surface area contributed by atoms with E-state index in [1.165, 1.54) is 0 Å². The number of imidazole rings is 1. The van der Waals surface area contributed by atoms with Crippen LogP contribution in [-0.4, -0.2) is 64.0 Å². The van der Waals surface area contributed by atoms with E-state index in [-0.39, 0.29) is 36.0 Å². The second-order valence-corrected chi connectivity index (χ2v) is 9.16. The fourth-order valence-corrected chi connectivity index (χ4v) is 5.68. The Balaban J connectivity index is 1.35. The SMILES string of the molecule is O=C[C@H](C[C@@H]1CCNC1=O)NC(=O)[C@@H]1[C@H]2CCC[C@H]2CN1C(=O)c1ccc2nc[nH]c2c1. The summed E-state index contributed by atoms with van der Waals surface area (Å²) in [5.74, 6) is -0.446. The Morgan fingerprint density at radius 2 is 2.16 bits per heavy atom. The van der Waals surface area contributed by atoms with Crippen LogP contribution in [0.5, 0.6) is 0 Å². The second-order valence-electron chi connectivity index (χ2n) is 9.16. The molecule has 0 spiro atoms. The zero-order valence-corrected chi connectivity index (χ0v) is 17.8. The first-order valence-electron chi connectivity index (χ1n) is 11.3. The van der Waals surface area contributed by atoms with E-state index in [2.05, 4.69) is 20.6 Å². The molecular weight excluding hydrogens is 410 g/mol. The third-order valence-electron chi connectivity index (χ3n) is 7.28. The fraction of sp³-hybridized carbons (Fsp3) is 0.522. The van der Waals surface area contributed by atoms with Crippen molar-refractivity contribution in [2.24, 2.45) is 17.8 Å². The van der Waals surface area contributed by atoms with Gasteiger partial charge in [0, 0.05) is 24.6 Å². The number of amides is 3. The van der Waals surface area contributed by atoms with Crippen LogP contribution in [0.1, 0.15) is 42.5 Å². The molecule has 3 N–H and O–H groups in total. The van der Waals surface area contributed by atoms with Gasteiger partial charge in [-0.2, -0.15) is 0 Å². The van der Waals surface area contributed by atoms with Gasteiger partial charge in [0.15, 0.2) is 0 Å². The summed E-state index contributed by atoms with van der Waals surface area (Å²) in [4.78, 5) is 59.2.